The smallest absolute Gasteiger partial charge is 0.223 e. The molecule has 2 aromatic rings. The summed E-state index contributed by atoms with van der Waals surface area (Å²) in [5.41, 5.74) is 3.84. The Morgan fingerprint density at radius 1 is 0.971 bits per heavy atom. The summed E-state index contributed by atoms with van der Waals surface area (Å²) in [6.07, 6.45) is 1.49. The molecule has 2 amide bonds. The van der Waals surface area contributed by atoms with E-state index in [-0.39, 0.29) is 28.9 Å². The van der Waals surface area contributed by atoms with E-state index >= 15 is 0 Å². The molecule has 0 bridgehead atoms. The quantitative estimate of drug-likeness (QED) is 0.624. The van der Waals surface area contributed by atoms with Crippen molar-refractivity contribution in [1.82, 2.24) is 4.90 Å². The maximum Gasteiger partial charge on any atom is 0.223 e. The number of rotatable bonds is 5. The van der Waals surface area contributed by atoms with Gasteiger partial charge in [-0.2, -0.15) is 0 Å². The van der Waals surface area contributed by atoms with Crippen LogP contribution in [-0.4, -0.2) is 63.6 Å². The van der Waals surface area contributed by atoms with Gasteiger partial charge in [0.2, 0.25) is 11.8 Å². The highest BCUT2D eigenvalue weighted by molar-refractivity contribution is 7.91. The van der Waals surface area contributed by atoms with Crippen molar-refractivity contribution in [2.75, 3.05) is 48.3 Å². The van der Waals surface area contributed by atoms with Gasteiger partial charge >= 0.3 is 0 Å². The van der Waals surface area contributed by atoms with Gasteiger partial charge in [-0.3, -0.25) is 9.59 Å². The molecule has 34 heavy (non-hydrogen) atoms. The van der Waals surface area contributed by atoms with Crippen LogP contribution >= 0.6 is 11.6 Å². The number of sulfone groups is 1. The van der Waals surface area contributed by atoms with Crippen molar-refractivity contribution in [3.8, 4) is 0 Å². The molecule has 0 saturated carbocycles. The van der Waals surface area contributed by atoms with Crippen LogP contribution in [0.2, 0.25) is 5.02 Å². The maximum atomic E-state index is 13.0. The number of hydrogen-bond acceptors (Lipinski definition) is 5. The van der Waals surface area contributed by atoms with Crippen LogP contribution in [0.3, 0.4) is 0 Å². The number of amides is 2. The Balaban J connectivity index is 1.36. The van der Waals surface area contributed by atoms with E-state index in [9.17, 15) is 18.0 Å². The Bertz CT molecular complexity index is 1210. The van der Waals surface area contributed by atoms with E-state index in [0.717, 1.165) is 35.3 Å². The van der Waals surface area contributed by atoms with Crippen molar-refractivity contribution >= 4 is 44.6 Å². The average Bonchev–Trinajstić information content (AvgIpc) is 2.83. The summed E-state index contributed by atoms with van der Waals surface area (Å²) in [4.78, 5) is 30.5. The Morgan fingerprint density at radius 2 is 1.71 bits per heavy atom. The molecule has 0 N–H and O–H groups in total. The van der Waals surface area contributed by atoms with E-state index < -0.39 is 9.84 Å². The molecule has 1 fully saturated rings. The summed E-state index contributed by atoms with van der Waals surface area (Å²) >= 11 is 6.14. The Hall–Kier alpha value is -2.58. The van der Waals surface area contributed by atoms with Crippen LogP contribution in [0.15, 0.2) is 41.3 Å². The number of fused-ring (bicyclic) bond motifs is 1. The molecule has 2 aliphatic rings. The zero-order valence-corrected chi connectivity index (χ0v) is 21.2. The second-order valence-corrected chi connectivity index (χ2v) is 11.5. The van der Waals surface area contributed by atoms with Gasteiger partial charge in [-0.25, -0.2) is 8.42 Å². The highest BCUT2D eigenvalue weighted by atomic mass is 35.5. The van der Waals surface area contributed by atoms with Gasteiger partial charge in [0.05, 0.1) is 10.6 Å². The monoisotopic (exact) mass is 503 g/mol. The van der Waals surface area contributed by atoms with Crippen LogP contribution in [0.4, 0.5) is 11.4 Å². The third kappa shape index (κ3) is 5.23. The summed E-state index contributed by atoms with van der Waals surface area (Å²) in [6.45, 7) is 6.64. The molecule has 9 heteroatoms. The topological polar surface area (TPSA) is 78.0 Å². The first-order chi connectivity index (χ1) is 16.2. The van der Waals surface area contributed by atoms with E-state index in [1.54, 1.807) is 28.0 Å². The van der Waals surface area contributed by atoms with Crippen molar-refractivity contribution in [3.63, 3.8) is 0 Å². The highest BCUT2D eigenvalue weighted by Crippen LogP contribution is 2.30. The normalized spacial score (nSPS) is 16.4. The van der Waals surface area contributed by atoms with Crippen LogP contribution in [0, 0.1) is 6.92 Å². The first-order valence-electron chi connectivity index (χ1n) is 11.6. The first-order valence-corrected chi connectivity index (χ1v) is 13.6. The number of anilines is 2. The Morgan fingerprint density at radius 3 is 2.41 bits per heavy atom. The predicted octanol–water partition coefficient (Wildman–Crippen LogP) is 3.46. The van der Waals surface area contributed by atoms with E-state index in [2.05, 4.69) is 4.90 Å². The molecule has 182 valence electrons. The lowest BCUT2D eigenvalue weighted by Crippen LogP contribution is -2.49. The Kier molecular flexibility index (Phi) is 7.19. The molecule has 2 aliphatic heterocycles. The van der Waals surface area contributed by atoms with E-state index in [1.807, 2.05) is 25.1 Å². The van der Waals surface area contributed by atoms with Crippen molar-refractivity contribution in [2.45, 2.75) is 38.0 Å². The van der Waals surface area contributed by atoms with Gasteiger partial charge in [-0.15, -0.1) is 0 Å². The molecule has 0 radical (unpaired) electrons. The summed E-state index contributed by atoms with van der Waals surface area (Å²) in [7, 11) is -3.61. The fourth-order valence-corrected chi connectivity index (χ4v) is 6.15. The lowest BCUT2D eigenvalue weighted by Gasteiger charge is -2.37. The maximum absolute atomic E-state index is 13.0. The summed E-state index contributed by atoms with van der Waals surface area (Å²) in [5, 5.41) is 0.681. The zero-order valence-electron chi connectivity index (χ0n) is 19.6. The fraction of sp³-hybridized carbons (Fsp3) is 0.440. The lowest BCUT2D eigenvalue weighted by atomic mass is 10.0. The fourth-order valence-electron chi connectivity index (χ4n) is 4.71. The number of nitrogens with zero attached hydrogens (tertiary/aromatic N) is 3. The molecular weight excluding hydrogens is 474 g/mol. The molecule has 1 saturated heterocycles. The predicted molar refractivity (Wildman–Crippen MR) is 134 cm³/mol. The largest absolute Gasteiger partial charge is 0.368 e. The molecule has 4 rings (SSSR count). The van der Waals surface area contributed by atoms with Gasteiger partial charge in [0.1, 0.15) is 0 Å². The van der Waals surface area contributed by atoms with E-state index in [4.69, 9.17) is 11.6 Å². The SMILES string of the molecule is CC(=O)N1CCCc2cc(S(=O)(=O)CCC(=O)N3CCN(c4cc(Cl)ccc4C)CC3)ccc21. The third-order valence-corrected chi connectivity index (χ3v) is 8.59. The van der Waals surface area contributed by atoms with E-state index in [1.165, 1.54) is 6.92 Å². The third-order valence-electron chi connectivity index (χ3n) is 6.64. The highest BCUT2D eigenvalue weighted by Gasteiger charge is 2.26. The minimum atomic E-state index is -3.61. The molecule has 0 unspecified atom stereocenters. The standard InChI is InChI=1S/C25H30ClN3O4S/c1-18-5-6-21(26)17-24(18)27-11-13-28(14-12-27)25(31)9-15-34(32,33)22-7-8-23-20(16-22)4-3-10-29(23)19(2)30/h5-8,16-17H,3-4,9-15H2,1-2H3. The zero-order chi connectivity index (χ0) is 24.5. The number of piperazine rings is 1. The molecule has 7 nitrogen and oxygen atoms in total. The van der Waals surface area contributed by atoms with Gasteiger partial charge in [0.15, 0.2) is 9.84 Å². The molecule has 0 aliphatic carbocycles. The number of hydrogen-bond donors (Lipinski definition) is 0. The van der Waals surface area contributed by atoms with Crippen molar-refractivity contribution in [1.29, 1.82) is 0 Å². The summed E-state index contributed by atoms with van der Waals surface area (Å²) < 4.78 is 25.9. The second-order valence-electron chi connectivity index (χ2n) is 8.93. The molecule has 2 heterocycles. The van der Waals surface area contributed by atoms with Crippen molar-refractivity contribution in [2.24, 2.45) is 0 Å². The molecule has 0 aromatic heterocycles. The van der Waals surface area contributed by atoms with Crippen molar-refractivity contribution < 1.29 is 18.0 Å². The van der Waals surface area contributed by atoms with Crippen LogP contribution in [0.5, 0.6) is 0 Å². The van der Waals surface area contributed by atoms with E-state index in [0.29, 0.717) is 37.7 Å². The molecular formula is C25H30ClN3O4S. The van der Waals surface area contributed by atoms with Gasteiger partial charge in [0.25, 0.3) is 0 Å². The van der Waals surface area contributed by atoms with Gasteiger partial charge in [-0.1, -0.05) is 17.7 Å². The van der Waals surface area contributed by atoms with Crippen LogP contribution < -0.4 is 9.80 Å². The second kappa shape index (κ2) is 9.96. The first kappa shape index (κ1) is 24.5. The summed E-state index contributed by atoms with van der Waals surface area (Å²) in [6, 6.07) is 10.7. The van der Waals surface area contributed by atoms with Crippen LogP contribution in [0.1, 0.15) is 30.9 Å². The van der Waals surface area contributed by atoms with Gasteiger partial charge in [-0.05, 0) is 61.2 Å². The van der Waals surface area contributed by atoms with Crippen LogP contribution in [-0.2, 0) is 25.8 Å². The van der Waals surface area contributed by atoms with Gasteiger partial charge in [0, 0.05) is 62.5 Å². The number of aryl methyl sites for hydroxylation is 2. The molecule has 2 aromatic carbocycles. The number of carbonyl (C=O) groups is 2. The minimum Gasteiger partial charge on any atom is -0.368 e. The number of benzene rings is 2. The Labute approximate surface area is 206 Å². The average molecular weight is 504 g/mol. The van der Waals surface area contributed by atoms with Crippen LogP contribution in [0.25, 0.3) is 0 Å². The van der Waals surface area contributed by atoms with Crippen molar-refractivity contribution in [3.05, 3.63) is 52.5 Å². The molecule has 0 spiro atoms. The number of carbonyl (C=O) groups excluding carboxylic acids is 2. The number of halogens is 1. The minimum absolute atomic E-state index is 0.0464. The lowest BCUT2D eigenvalue weighted by molar-refractivity contribution is -0.131. The summed E-state index contributed by atoms with van der Waals surface area (Å²) in [5.74, 6) is -0.422. The molecule has 0 atom stereocenters. The van der Waals surface area contributed by atoms with Gasteiger partial charge < -0.3 is 14.7 Å².